The van der Waals surface area contributed by atoms with Crippen LogP contribution in [0.1, 0.15) is 360 Å². The first-order valence-electron chi connectivity index (χ1n) is 42.4. The van der Waals surface area contributed by atoms with Gasteiger partial charge in [0.2, 0.25) is 0 Å². The van der Waals surface area contributed by atoms with Gasteiger partial charge >= 0.3 is 5.97 Å². The summed E-state index contributed by atoms with van der Waals surface area (Å²) < 4.78 is 5.28. The molecule has 3 aliphatic rings. The maximum atomic E-state index is 12.5. The quantitative estimate of drug-likeness (QED) is 0.0677. The molecule has 12 nitrogen and oxygen atoms in total. The van der Waals surface area contributed by atoms with E-state index in [1.807, 2.05) is 83.1 Å². The molecule has 0 spiro atoms. The molecule has 0 radical (unpaired) electrons. The third-order valence-corrected chi connectivity index (χ3v) is 20.0. The number of carbonyl (C=O) groups is 5. The Morgan fingerprint density at radius 1 is 0.302 bits per heavy atom. The van der Waals surface area contributed by atoms with Crippen LogP contribution in [-0.4, -0.2) is 183 Å². The van der Waals surface area contributed by atoms with Gasteiger partial charge in [-0.2, -0.15) is 0 Å². The molecule has 0 saturated carbocycles. The van der Waals surface area contributed by atoms with Crippen LogP contribution in [0.3, 0.4) is 0 Å². The summed E-state index contributed by atoms with van der Waals surface area (Å²) in [4.78, 5) is 75.0. The van der Waals surface area contributed by atoms with Gasteiger partial charge in [-0.05, 0) is 139 Å². The molecule has 3 saturated heterocycles. The Labute approximate surface area is 663 Å². The van der Waals surface area contributed by atoms with Crippen molar-refractivity contribution in [2.24, 2.45) is 82.2 Å². The van der Waals surface area contributed by atoms with Gasteiger partial charge in [0.25, 0.3) is 0 Å². The van der Waals surface area contributed by atoms with Gasteiger partial charge in [0, 0.05) is 125 Å². The van der Waals surface area contributed by atoms with E-state index in [2.05, 4.69) is 236 Å². The van der Waals surface area contributed by atoms with E-state index < -0.39 is 0 Å². The van der Waals surface area contributed by atoms with E-state index in [-0.39, 0.29) is 63.5 Å². The van der Waals surface area contributed by atoms with Gasteiger partial charge in [0.1, 0.15) is 24.0 Å². The maximum Gasteiger partial charge on any atom is 0.306 e. The largest absolute Gasteiger partial charge is 0.464 e. The fourth-order valence-corrected chi connectivity index (χ4v) is 11.6. The highest BCUT2D eigenvalue weighted by molar-refractivity contribution is 5.87. The minimum atomic E-state index is -0.382. The number of hydrogen-bond donors (Lipinski definition) is 0. The molecule has 3 fully saturated rings. The van der Waals surface area contributed by atoms with E-state index in [4.69, 9.17) is 4.74 Å². The number of nitrogens with zero attached hydrogens (tertiary/aromatic N) is 6. The summed E-state index contributed by atoms with van der Waals surface area (Å²) in [5, 5.41) is 0. The second kappa shape index (κ2) is 48.7. The van der Waals surface area contributed by atoms with Crippen LogP contribution < -0.4 is 0 Å². The molecule has 0 amide bonds. The Bertz CT molecular complexity index is 2310. The second-order valence-corrected chi connectivity index (χ2v) is 47.0. The van der Waals surface area contributed by atoms with Crippen molar-refractivity contribution in [3.05, 3.63) is 13.2 Å². The number of ether oxygens (including phenoxy) is 1. The molecular formula is C94H190N6O6. The predicted octanol–water partition coefficient (Wildman–Crippen LogP) is 23.3. The predicted molar refractivity (Wildman–Crippen MR) is 466 cm³/mol. The normalized spacial score (nSPS) is 17.1. The molecular weight excluding hydrogens is 1310 g/mol. The van der Waals surface area contributed by atoms with Crippen LogP contribution in [-0.2, 0) is 28.7 Å². The maximum absolute atomic E-state index is 12.5. The Morgan fingerprint density at radius 2 is 0.566 bits per heavy atom. The highest BCUT2D eigenvalue weighted by Crippen LogP contribution is 2.39. The lowest BCUT2D eigenvalue weighted by molar-refractivity contribution is -0.146. The van der Waals surface area contributed by atoms with E-state index >= 15 is 0 Å². The topological polar surface area (TPSA) is 114 Å². The third-order valence-electron chi connectivity index (χ3n) is 20.0. The van der Waals surface area contributed by atoms with Crippen molar-refractivity contribution in [2.75, 3.05) is 124 Å². The number of carbonyl (C=O) groups excluding carboxylic acids is 5. The highest BCUT2D eigenvalue weighted by Gasteiger charge is 2.38. The highest BCUT2D eigenvalue weighted by atomic mass is 16.5. The first kappa shape index (κ1) is 110. The molecule has 0 aromatic carbocycles. The van der Waals surface area contributed by atoms with Gasteiger partial charge in [0.15, 0.2) is 5.78 Å². The second-order valence-electron chi connectivity index (χ2n) is 47.0. The molecule has 0 aromatic rings. The molecule has 12 heteroatoms. The van der Waals surface area contributed by atoms with Gasteiger partial charge in [0.05, 0.1) is 13.0 Å². The zero-order valence-corrected chi connectivity index (χ0v) is 79.3. The lowest BCUT2D eigenvalue weighted by atomic mass is 9.68. The fourth-order valence-electron chi connectivity index (χ4n) is 11.6. The van der Waals surface area contributed by atoms with Crippen molar-refractivity contribution < 1.29 is 28.7 Å². The van der Waals surface area contributed by atoms with Gasteiger partial charge in [-0.15, -0.1) is 13.2 Å². The van der Waals surface area contributed by atoms with Crippen molar-refractivity contribution in [2.45, 2.75) is 360 Å². The SMILES string of the molecule is C=C.CC(C)(C)CCC(C(=O)C(C)(C)C)C(C)(C)C.CC(C)(C)CCC(C)(C)C.CC(C)(C)CCN1CCN(CC(=O)C(C)(C)C)CC1.CC(C)(C)CCN1CCN(CCC(C)(C)C)CC1.CC(C)(C)CCN1CCN(CCOC(=O)CCC(=O)C(C)(C)C)CC1.C[C@@H](CCCC(C)(C)C)C(=O)C(C)(C)C. The van der Waals surface area contributed by atoms with E-state index in [9.17, 15) is 24.0 Å². The summed E-state index contributed by atoms with van der Waals surface area (Å²) in [6.45, 7) is 114. The monoisotopic (exact) mass is 1500 g/mol. The summed E-state index contributed by atoms with van der Waals surface area (Å²) >= 11 is 0. The molecule has 632 valence electrons. The fraction of sp³-hybridized carbons (Fsp3) is 0.926. The Morgan fingerprint density at radius 3 is 0.811 bits per heavy atom. The van der Waals surface area contributed by atoms with Crippen LogP contribution in [0.25, 0.3) is 0 Å². The van der Waals surface area contributed by atoms with Gasteiger partial charge < -0.3 is 24.3 Å². The van der Waals surface area contributed by atoms with Crippen molar-refractivity contribution in [3.8, 4) is 0 Å². The van der Waals surface area contributed by atoms with Crippen LogP contribution in [0, 0.1) is 82.2 Å². The molecule has 3 heterocycles. The third kappa shape index (κ3) is 66.3. The van der Waals surface area contributed by atoms with E-state index in [0.717, 1.165) is 91.1 Å². The van der Waals surface area contributed by atoms with Gasteiger partial charge in [-0.1, -0.05) is 283 Å². The smallest absolute Gasteiger partial charge is 0.306 e. The number of hydrogen-bond acceptors (Lipinski definition) is 12. The average Bonchev–Trinajstić information content (AvgIpc) is 0.822. The summed E-state index contributed by atoms with van der Waals surface area (Å²) in [6, 6.07) is 0. The Hall–Kier alpha value is -2.35. The summed E-state index contributed by atoms with van der Waals surface area (Å²) in [5.74, 6) is 1.40. The molecule has 3 rings (SSSR count). The van der Waals surface area contributed by atoms with Crippen LogP contribution >= 0.6 is 0 Å². The molecule has 0 bridgehead atoms. The molecule has 0 aromatic heterocycles. The minimum Gasteiger partial charge on any atom is -0.464 e. The molecule has 0 aliphatic carbocycles. The van der Waals surface area contributed by atoms with Gasteiger partial charge in [-0.3, -0.25) is 33.8 Å². The van der Waals surface area contributed by atoms with Crippen LogP contribution in [0.2, 0.25) is 0 Å². The molecule has 106 heavy (non-hydrogen) atoms. The molecule has 0 N–H and O–H groups in total. The number of piperazine rings is 3. The first-order valence-corrected chi connectivity index (χ1v) is 42.4. The van der Waals surface area contributed by atoms with Crippen LogP contribution in [0.4, 0.5) is 0 Å². The summed E-state index contributed by atoms with van der Waals surface area (Å²) in [6.07, 6.45) is 13.7. The lowest BCUT2D eigenvalue weighted by Crippen LogP contribution is -2.49. The van der Waals surface area contributed by atoms with E-state index in [1.165, 1.54) is 90.8 Å². The Kier molecular flexibility index (Phi) is 50.5. The zero-order chi connectivity index (χ0) is 84.3. The van der Waals surface area contributed by atoms with Crippen molar-refractivity contribution in [1.82, 2.24) is 29.4 Å². The van der Waals surface area contributed by atoms with Crippen molar-refractivity contribution in [1.29, 1.82) is 0 Å². The molecule has 1 unspecified atom stereocenters. The van der Waals surface area contributed by atoms with Crippen LogP contribution in [0.5, 0.6) is 0 Å². The first-order chi connectivity index (χ1) is 47.2. The van der Waals surface area contributed by atoms with Crippen molar-refractivity contribution in [3.63, 3.8) is 0 Å². The molecule has 3 aliphatic heterocycles. The minimum absolute atomic E-state index is 0.0651. The summed E-state index contributed by atoms with van der Waals surface area (Å²) in [7, 11) is 0. The molecule has 2 atom stereocenters. The zero-order valence-electron chi connectivity index (χ0n) is 79.3. The lowest BCUT2D eigenvalue weighted by Gasteiger charge is -2.37. The number of rotatable bonds is 24. The van der Waals surface area contributed by atoms with Gasteiger partial charge in [-0.25, -0.2) is 0 Å². The summed E-state index contributed by atoms with van der Waals surface area (Å²) in [5.41, 5.74) is 2.54. The van der Waals surface area contributed by atoms with Crippen LogP contribution in [0.15, 0.2) is 13.2 Å². The number of ketones is 4. The number of Topliss-reactive ketones (excluding diaryl/α,β-unsaturated/α-hetero) is 4. The Balaban J connectivity index is -0.000000596. The number of esters is 1. The van der Waals surface area contributed by atoms with Crippen molar-refractivity contribution >= 4 is 29.1 Å². The van der Waals surface area contributed by atoms with E-state index in [1.54, 1.807) is 0 Å². The van der Waals surface area contributed by atoms with E-state index in [0.29, 0.717) is 73.8 Å². The standard InChI is InChI=1S/C20H38N2O3.C16H32N2O.C16H34N2.C16H32O.C14H28O.C10H22.C2H4/c1-19(2,3)9-10-21-11-13-22(14-12-21)15-16-25-18(24)8-7-17(23)20(4,5)6;1-15(2,3)7-8-17-9-11-18(12-10-17)13-14(19)16(4,5)6;1-15(2,3)7-9-17-11-13-18(14-12-17)10-8-16(4,5)6;1-14(2,3)11-10-12(15(4,5)6)13(17)16(7,8)9;1-11(12(15)14(5,6)7)9-8-10-13(2,3)4;1-9(2,3)7-8-10(4,5)6;1-2/h7-16H2,1-6H3;7-13H2,1-6H3;7-14H2,1-6H3;12H,10-11H2,1-9H3;11H,8-10H2,1-7H3;7-8H2,1-6H3;1-2H2/t;;;;11-;;/m....0../s1. The average molecular weight is 1500 g/mol.